The van der Waals surface area contributed by atoms with E-state index in [1.807, 2.05) is 43.3 Å². The summed E-state index contributed by atoms with van der Waals surface area (Å²) in [7, 11) is -3.67. The number of benzene rings is 2. The van der Waals surface area contributed by atoms with E-state index in [0.29, 0.717) is 23.7 Å². The highest BCUT2D eigenvalue weighted by Crippen LogP contribution is 2.16. The zero-order valence-corrected chi connectivity index (χ0v) is 18.3. The van der Waals surface area contributed by atoms with Crippen molar-refractivity contribution in [2.45, 2.75) is 31.8 Å². The summed E-state index contributed by atoms with van der Waals surface area (Å²) in [4.78, 5) is 16.5. The van der Waals surface area contributed by atoms with Gasteiger partial charge >= 0.3 is 0 Å². The molecule has 0 spiro atoms. The second-order valence-corrected chi connectivity index (χ2v) is 8.86. The molecule has 0 saturated heterocycles. The van der Waals surface area contributed by atoms with E-state index >= 15 is 0 Å². The first-order valence-electron chi connectivity index (χ1n) is 9.83. The van der Waals surface area contributed by atoms with Crippen LogP contribution in [0, 0.1) is 13.8 Å². The number of carbonyl (C=O) groups is 1. The average molecular weight is 440 g/mol. The van der Waals surface area contributed by atoms with Gasteiger partial charge in [0.05, 0.1) is 16.8 Å². The summed E-state index contributed by atoms with van der Waals surface area (Å²) < 4.78 is 33.0. The predicted molar refractivity (Wildman–Crippen MR) is 119 cm³/mol. The van der Waals surface area contributed by atoms with Crippen LogP contribution in [0.5, 0.6) is 5.88 Å². The van der Waals surface area contributed by atoms with Gasteiger partial charge in [-0.2, -0.15) is 0 Å². The predicted octanol–water partition coefficient (Wildman–Crippen LogP) is 3.58. The van der Waals surface area contributed by atoms with Crippen molar-refractivity contribution in [2.24, 2.45) is 0 Å². The molecule has 0 aliphatic carbocycles. The Morgan fingerprint density at radius 1 is 1.03 bits per heavy atom. The van der Waals surface area contributed by atoms with Crippen LogP contribution < -0.4 is 14.8 Å². The monoisotopic (exact) mass is 439 g/mol. The van der Waals surface area contributed by atoms with Crippen LogP contribution in [0.25, 0.3) is 0 Å². The van der Waals surface area contributed by atoms with E-state index in [-0.39, 0.29) is 23.8 Å². The van der Waals surface area contributed by atoms with Crippen LogP contribution in [0.2, 0.25) is 0 Å². The van der Waals surface area contributed by atoms with Gasteiger partial charge in [0.2, 0.25) is 21.8 Å². The molecule has 2 N–H and O–H groups in total. The molecule has 0 bridgehead atoms. The standard InChI is InChI=1S/C23H25N3O4S/c1-17-8-10-21(18(2)14-17)31(28,29)25-13-12-22(27)26-20-9-11-23(24-15-20)30-16-19-6-4-3-5-7-19/h3-11,14-15,25H,12-13,16H2,1-2H3,(H,26,27). The van der Waals surface area contributed by atoms with E-state index in [0.717, 1.165) is 11.1 Å². The second kappa shape index (κ2) is 10.2. The van der Waals surface area contributed by atoms with Crippen molar-refractivity contribution in [3.8, 4) is 5.88 Å². The number of sulfonamides is 1. The van der Waals surface area contributed by atoms with Crippen LogP contribution in [0.15, 0.2) is 71.8 Å². The smallest absolute Gasteiger partial charge is 0.240 e. The van der Waals surface area contributed by atoms with Crippen molar-refractivity contribution >= 4 is 21.6 Å². The lowest BCUT2D eigenvalue weighted by Crippen LogP contribution is -2.28. The van der Waals surface area contributed by atoms with Gasteiger partial charge in [-0.15, -0.1) is 0 Å². The van der Waals surface area contributed by atoms with Crippen molar-refractivity contribution < 1.29 is 17.9 Å². The van der Waals surface area contributed by atoms with E-state index in [1.165, 1.54) is 6.20 Å². The Morgan fingerprint density at radius 3 is 2.48 bits per heavy atom. The molecule has 3 rings (SSSR count). The lowest BCUT2D eigenvalue weighted by atomic mass is 10.2. The van der Waals surface area contributed by atoms with Gasteiger partial charge in [0.25, 0.3) is 0 Å². The minimum atomic E-state index is -3.67. The number of aryl methyl sites for hydroxylation is 2. The first kappa shape index (κ1) is 22.5. The molecule has 0 radical (unpaired) electrons. The van der Waals surface area contributed by atoms with E-state index in [1.54, 1.807) is 31.2 Å². The van der Waals surface area contributed by atoms with E-state index in [2.05, 4.69) is 15.0 Å². The molecule has 0 unspecified atom stereocenters. The number of rotatable bonds is 9. The quantitative estimate of drug-likeness (QED) is 0.531. The normalized spacial score (nSPS) is 11.2. The van der Waals surface area contributed by atoms with Gasteiger partial charge in [0.1, 0.15) is 6.61 Å². The Morgan fingerprint density at radius 2 is 1.81 bits per heavy atom. The van der Waals surface area contributed by atoms with Crippen LogP contribution in [-0.4, -0.2) is 25.9 Å². The third kappa shape index (κ3) is 6.63. The highest BCUT2D eigenvalue weighted by atomic mass is 32.2. The molecule has 1 amide bonds. The fourth-order valence-corrected chi connectivity index (χ4v) is 4.23. The highest BCUT2D eigenvalue weighted by Gasteiger charge is 2.16. The number of amides is 1. The Kier molecular flexibility index (Phi) is 7.38. The van der Waals surface area contributed by atoms with Crippen LogP contribution in [0.1, 0.15) is 23.1 Å². The van der Waals surface area contributed by atoms with Crippen LogP contribution in [0.3, 0.4) is 0 Å². The molecule has 1 heterocycles. The Balaban J connectivity index is 1.46. The van der Waals surface area contributed by atoms with Gasteiger partial charge in [-0.05, 0) is 37.1 Å². The number of anilines is 1. The Labute approximate surface area is 182 Å². The molecule has 8 heteroatoms. The maximum atomic E-state index is 12.4. The maximum absolute atomic E-state index is 12.4. The summed E-state index contributed by atoms with van der Waals surface area (Å²) in [6.07, 6.45) is 1.49. The van der Waals surface area contributed by atoms with E-state index in [9.17, 15) is 13.2 Å². The van der Waals surface area contributed by atoms with E-state index in [4.69, 9.17) is 4.74 Å². The van der Waals surface area contributed by atoms with Gasteiger partial charge in [0.15, 0.2) is 0 Å². The Bertz CT molecular complexity index is 1130. The number of nitrogens with zero attached hydrogens (tertiary/aromatic N) is 1. The second-order valence-electron chi connectivity index (χ2n) is 7.12. The first-order valence-corrected chi connectivity index (χ1v) is 11.3. The number of aromatic nitrogens is 1. The van der Waals surface area contributed by atoms with Crippen molar-refractivity contribution in [1.29, 1.82) is 0 Å². The largest absolute Gasteiger partial charge is 0.473 e. The number of nitrogens with one attached hydrogen (secondary N) is 2. The lowest BCUT2D eigenvalue weighted by molar-refractivity contribution is -0.116. The fraction of sp³-hybridized carbons (Fsp3) is 0.217. The molecule has 0 atom stereocenters. The van der Waals surface area contributed by atoms with Crippen LogP contribution in [0.4, 0.5) is 5.69 Å². The van der Waals surface area contributed by atoms with Crippen molar-refractivity contribution in [3.63, 3.8) is 0 Å². The molecule has 31 heavy (non-hydrogen) atoms. The molecule has 162 valence electrons. The minimum absolute atomic E-state index is 0.00357. The van der Waals surface area contributed by atoms with Gasteiger partial charge in [-0.3, -0.25) is 4.79 Å². The number of ether oxygens (including phenoxy) is 1. The van der Waals surface area contributed by atoms with Crippen LogP contribution >= 0.6 is 0 Å². The molecule has 0 aliphatic rings. The summed E-state index contributed by atoms with van der Waals surface area (Å²) >= 11 is 0. The molecule has 0 aliphatic heterocycles. The minimum Gasteiger partial charge on any atom is -0.473 e. The van der Waals surface area contributed by atoms with Crippen molar-refractivity contribution in [3.05, 3.63) is 83.6 Å². The number of hydrogen-bond donors (Lipinski definition) is 2. The molecule has 0 saturated carbocycles. The summed E-state index contributed by atoms with van der Waals surface area (Å²) in [6, 6.07) is 18.2. The van der Waals surface area contributed by atoms with Gasteiger partial charge < -0.3 is 10.1 Å². The van der Waals surface area contributed by atoms with Gasteiger partial charge in [-0.25, -0.2) is 18.1 Å². The zero-order valence-electron chi connectivity index (χ0n) is 17.5. The van der Waals surface area contributed by atoms with Crippen LogP contribution in [-0.2, 0) is 21.4 Å². The third-order valence-electron chi connectivity index (χ3n) is 4.51. The average Bonchev–Trinajstić information content (AvgIpc) is 2.73. The molecule has 2 aromatic carbocycles. The number of hydrogen-bond acceptors (Lipinski definition) is 5. The highest BCUT2D eigenvalue weighted by molar-refractivity contribution is 7.89. The number of pyridine rings is 1. The van der Waals surface area contributed by atoms with E-state index < -0.39 is 10.0 Å². The van der Waals surface area contributed by atoms with Gasteiger partial charge in [0, 0.05) is 19.0 Å². The van der Waals surface area contributed by atoms with Crippen molar-refractivity contribution in [2.75, 3.05) is 11.9 Å². The zero-order chi connectivity index (χ0) is 22.3. The molecule has 7 nitrogen and oxygen atoms in total. The summed E-state index contributed by atoms with van der Waals surface area (Å²) in [6.45, 7) is 4.04. The third-order valence-corrected chi connectivity index (χ3v) is 6.13. The summed E-state index contributed by atoms with van der Waals surface area (Å²) in [5, 5.41) is 2.70. The topological polar surface area (TPSA) is 97.4 Å². The summed E-state index contributed by atoms with van der Waals surface area (Å²) in [5.74, 6) is 0.131. The fourth-order valence-electron chi connectivity index (χ4n) is 2.97. The lowest BCUT2D eigenvalue weighted by Gasteiger charge is -2.10. The molecular weight excluding hydrogens is 414 g/mol. The first-order chi connectivity index (χ1) is 14.8. The molecular formula is C23H25N3O4S. The SMILES string of the molecule is Cc1ccc(S(=O)(=O)NCCC(=O)Nc2ccc(OCc3ccccc3)nc2)c(C)c1. The maximum Gasteiger partial charge on any atom is 0.240 e. The molecule has 0 fully saturated rings. The molecule has 3 aromatic rings. The van der Waals surface area contributed by atoms with Gasteiger partial charge in [-0.1, -0.05) is 48.0 Å². The molecule has 1 aromatic heterocycles. The number of carbonyl (C=O) groups excluding carboxylic acids is 1. The summed E-state index contributed by atoms with van der Waals surface area (Å²) in [5.41, 5.74) is 3.19. The Hall–Kier alpha value is -3.23. The van der Waals surface area contributed by atoms with Crippen molar-refractivity contribution in [1.82, 2.24) is 9.71 Å².